The highest BCUT2D eigenvalue weighted by Crippen LogP contribution is 2.19. The number of hydrogen-bond acceptors (Lipinski definition) is 4. The van der Waals surface area contributed by atoms with Crippen molar-refractivity contribution in [2.24, 2.45) is 5.84 Å². The summed E-state index contributed by atoms with van der Waals surface area (Å²) in [7, 11) is 0. The van der Waals surface area contributed by atoms with Crippen LogP contribution in [-0.2, 0) is 0 Å². The highest BCUT2D eigenvalue weighted by molar-refractivity contribution is 7.98. The van der Waals surface area contributed by atoms with Gasteiger partial charge in [0.15, 0.2) is 11.6 Å². The minimum Gasteiger partial charge on any atom is -0.352 e. The van der Waals surface area contributed by atoms with Gasteiger partial charge < -0.3 is 10.7 Å². The zero-order valence-corrected chi connectivity index (χ0v) is 12.2. The van der Waals surface area contributed by atoms with Crippen molar-refractivity contribution in [2.45, 2.75) is 19.3 Å². The lowest BCUT2D eigenvalue weighted by molar-refractivity contribution is 0.0952. The first kappa shape index (κ1) is 16.7. The van der Waals surface area contributed by atoms with Gasteiger partial charge in [-0.1, -0.05) is 6.42 Å². The Hall–Kier alpha value is -1.34. The maximum absolute atomic E-state index is 13.4. The first-order chi connectivity index (χ1) is 9.60. The molecule has 1 rings (SSSR count). The fraction of sp³-hybridized carbons (Fsp3) is 0.462. The molecule has 0 heterocycles. The topological polar surface area (TPSA) is 67.2 Å². The van der Waals surface area contributed by atoms with Crippen LogP contribution >= 0.6 is 11.8 Å². The summed E-state index contributed by atoms with van der Waals surface area (Å²) < 4.78 is 26.9. The SMILES string of the molecule is CSCCCCCNC(=O)c1cc(F)c(NN)c(F)c1. The monoisotopic (exact) mass is 303 g/mol. The van der Waals surface area contributed by atoms with Crippen LogP contribution in [0.5, 0.6) is 0 Å². The maximum atomic E-state index is 13.4. The standard InChI is InChI=1S/C13H19F2N3OS/c1-20-6-4-2-3-5-17-13(19)9-7-10(14)12(18-16)11(15)8-9/h7-8,18H,2-6,16H2,1H3,(H,17,19). The van der Waals surface area contributed by atoms with E-state index in [0.29, 0.717) is 6.54 Å². The Labute approximate surface area is 121 Å². The van der Waals surface area contributed by atoms with Gasteiger partial charge >= 0.3 is 0 Å². The molecule has 0 radical (unpaired) electrons. The van der Waals surface area contributed by atoms with E-state index in [1.807, 2.05) is 11.7 Å². The zero-order valence-electron chi connectivity index (χ0n) is 11.3. The Kier molecular flexibility index (Phi) is 7.32. The lowest BCUT2D eigenvalue weighted by atomic mass is 10.1. The molecule has 0 atom stereocenters. The number of thioether (sulfide) groups is 1. The van der Waals surface area contributed by atoms with E-state index in [4.69, 9.17) is 5.84 Å². The molecule has 0 bridgehead atoms. The van der Waals surface area contributed by atoms with Gasteiger partial charge in [0.1, 0.15) is 5.69 Å². The maximum Gasteiger partial charge on any atom is 0.251 e. The normalized spacial score (nSPS) is 10.4. The fourth-order valence-corrected chi connectivity index (χ4v) is 2.19. The molecule has 0 unspecified atom stereocenters. The van der Waals surface area contributed by atoms with Crippen molar-refractivity contribution in [2.75, 3.05) is 24.0 Å². The van der Waals surface area contributed by atoms with Crippen LogP contribution in [-0.4, -0.2) is 24.5 Å². The van der Waals surface area contributed by atoms with Gasteiger partial charge in [-0.05, 0) is 37.0 Å². The van der Waals surface area contributed by atoms with Crippen molar-refractivity contribution in [3.8, 4) is 0 Å². The highest BCUT2D eigenvalue weighted by Gasteiger charge is 2.14. The van der Waals surface area contributed by atoms with Gasteiger partial charge in [-0.2, -0.15) is 11.8 Å². The number of amides is 1. The number of halogens is 2. The van der Waals surface area contributed by atoms with Gasteiger partial charge in [0, 0.05) is 12.1 Å². The second-order valence-corrected chi connectivity index (χ2v) is 5.25. The molecule has 0 aliphatic heterocycles. The van der Waals surface area contributed by atoms with Gasteiger partial charge in [0.2, 0.25) is 0 Å². The van der Waals surface area contributed by atoms with E-state index in [2.05, 4.69) is 5.32 Å². The van der Waals surface area contributed by atoms with Crippen molar-refractivity contribution < 1.29 is 13.6 Å². The van der Waals surface area contributed by atoms with Crippen molar-refractivity contribution in [3.63, 3.8) is 0 Å². The molecule has 0 aromatic heterocycles. The number of hydrogen-bond donors (Lipinski definition) is 3. The van der Waals surface area contributed by atoms with Crippen LogP contribution in [0.25, 0.3) is 0 Å². The largest absolute Gasteiger partial charge is 0.352 e. The summed E-state index contributed by atoms with van der Waals surface area (Å²) in [5, 5.41) is 2.64. The molecular formula is C13H19F2N3OS. The Balaban J connectivity index is 2.48. The lowest BCUT2D eigenvalue weighted by Crippen LogP contribution is -2.25. The number of nitrogens with two attached hydrogens (primary N) is 1. The third-order valence-corrected chi connectivity index (χ3v) is 3.46. The average Bonchev–Trinajstić information content (AvgIpc) is 2.42. The minimum absolute atomic E-state index is 0.0527. The van der Waals surface area contributed by atoms with E-state index in [-0.39, 0.29) is 5.56 Å². The Bertz CT molecular complexity index is 434. The number of nitrogens with one attached hydrogen (secondary N) is 2. The molecule has 1 amide bonds. The van der Waals surface area contributed by atoms with E-state index in [1.54, 1.807) is 11.8 Å². The number of unbranched alkanes of at least 4 members (excludes halogenated alkanes) is 2. The summed E-state index contributed by atoms with van der Waals surface area (Å²) >= 11 is 1.78. The number of benzene rings is 1. The summed E-state index contributed by atoms with van der Waals surface area (Å²) in [6, 6.07) is 1.92. The van der Waals surface area contributed by atoms with E-state index < -0.39 is 23.2 Å². The lowest BCUT2D eigenvalue weighted by Gasteiger charge is -2.08. The van der Waals surface area contributed by atoms with Gasteiger partial charge in [0.25, 0.3) is 5.91 Å². The summed E-state index contributed by atoms with van der Waals surface area (Å²) in [5.74, 6) is 3.81. The second-order valence-electron chi connectivity index (χ2n) is 4.27. The predicted molar refractivity (Wildman–Crippen MR) is 78.7 cm³/mol. The average molecular weight is 303 g/mol. The quantitative estimate of drug-likeness (QED) is 0.392. The molecule has 7 heteroatoms. The first-order valence-electron chi connectivity index (χ1n) is 6.33. The van der Waals surface area contributed by atoms with Gasteiger partial charge in [-0.3, -0.25) is 10.6 Å². The number of carbonyl (C=O) groups is 1. The van der Waals surface area contributed by atoms with Crippen molar-refractivity contribution in [3.05, 3.63) is 29.3 Å². The van der Waals surface area contributed by atoms with E-state index in [1.165, 1.54) is 0 Å². The number of rotatable bonds is 8. The molecule has 0 fully saturated rings. The van der Waals surface area contributed by atoms with Crippen LogP contribution in [0, 0.1) is 11.6 Å². The molecule has 112 valence electrons. The van der Waals surface area contributed by atoms with Crippen LogP contribution < -0.4 is 16.6 Å². The molecule has 4 N–H and O–H groups in total. The smallest absolute Gasteiger partial charge is 0.251 e. The summed E-state index contributed by atoms with van der Waals surface area (Å²) in [4.78, 5) is 11.7. The van der Waals surface area contributed by atoms with Gasteiger partial charge in [-0.15, -0.1) is 0 Å². The Morgan fingerprint density at radius 2 is 1.90 bits per heavy atom. The molecule has 0 saturated carbocycles. The van der Waals surface area contributed by atoms with Crippen LogP contribution in [0.3, 0.4) is 0 Å². The molecule has 0 aliphatic carbocycles. The summed E-state index contributed by atoms with van der Waals surface area (Å²) in [6.45, 7) is 0.493. The number of anilines is 1. The van der Waals surface area contributed by atoms with Crippen molar-refractivity contribution in [1.82, 2.24) is 5.32 Å². The molecule has 0 spiro atoms. The molecule has 1 aromatic carbocycles. The van der Waals surface area contributed by atoms with E-state index in [0.717, 1.165) is 37.1 Å². The first-order valence-corrected chi connectivity index (χ1v) is 7.72. The molecular weight excluding hydrogens is 284 g/mol. The van der Waals surface area contributed by atoms with E-state index >= 15 is 0 Å². The molecule has 1 aromatic rings. The van der Waals surface area contributed by atoms with Crippen molar-refractivity contribution >= 4 is 23.4 Å². The van der Waals surface area contributed by atoms with Gasteiger partial charge in [-0.25, -0.2) is 8.78 Å². The van der Waals surface area contributed by atoms with Crippen LogP contribution in [0.1, 0.15) is 29.6 Å². The molecule has 4 nitrogen and oxygen atoms in total. The van der Waals surface area contributed by atoms with E-state index in [9.17, 15) is 13.6 Å². The van der Waals surface area contributed by atoms with Crippen LogP contribution in [0.4, 0.5) is 14.5 Å². The number of carbonyl (C=O) groups excluding carboxylic acids is 1. The van der Waals surface area contributed by atoms with Crippen molar-refractivity contribution in [1.29, 1.82) is 0 Å². The number of nitrogen functional groups attached to an aromatic ring is 1. The molecule has 0 saturated heterocycles. The van der Waals surface area contributed by atoms with Gasteiger partial charge in [0.05, 0.1) is 0 Å². The Morgan fingerprint density at radius 3 is 2.45 bits per heavy atom. The molecule has 0 aliphatic rings. The molecule has 20 heavy (non-hydrogen) atoms. The fourth-order valence-electron chi connectivity index (χ4n) is 1.69. The highest BCUT2D eigenvalue weighted by atomic mass is 32.2. The Morgan fingerprint density at radius 1 is 1.25 bits per heavy atom. The third kappa shape index (κ3) is 4.97. The number of hydrazine groups is 1. The van der Waals surface area contributed by atoms with Crippen LogP contribution in [0.2, 0.25) is 0 Å². The summed E-state index contributed by atoms with van der Waals surface area (Å²) in [5.41, 5.74) is 1.42. The summed E-state index contributed by atoms with van der Waals surface area (Å²) in [6.07, 6.45) is 5.00. The zero-order chi connectivity index (χ0) is 15.0. The third-order valence-electron chi connectivity index (χ3n) is 2.76. The second kappa shape index (κ2) is 8.76. The predicted octanol–water partition coefficient (Wildman–Crippen LogP) is 2.51. The minimum atomic E-state index is -0.891. The van der Waals surface area contributed by atoms with Crippen LogP contribution in [0.15, 0.2) is 12.1 Å².